The zero-order chi connectivity index (χ0) is 11.3. The van der Waals surface area contributed by atoms with Gasteiger partial charge in [0.25, 0.3) is 0 Å². The molecule has 1 heterocycles. The number of aromatic nitrogens is 1. The van der Waals surface area contributed by atoms with E-state index in [1.165, 1.54) is 11.3 Å². The van der Waals surface area contributed by atoms with E-state index in [0.29, 0.717) is 12.0 Å². The molecular weight excluding hydrogens is 232 g/mol. The Hall–Kier alpha value is -0.160. The van der Waals surface area contributed by atoms with E-state index in [2.05, 4.69) is 24.1 Å². The molecule has 1 aromatic heterocycles. The molecule has 1 atom stereocenters. The Bertz CT molecular complexity index is 291. The molecule has 0 bridgehead atoms. The Labute approximate surface area is 99.5 Å². The number of nitrogens with one attached hydrogen (secondary N) is 1. The Morgan fingerprint density at radius 3 is 2.80 bits per heavy atom. The number of rotatable bonds is 6. The molecular formula is C10H17ClN2OS. The predicted molar refractivity (Wildman–Crippen MR) is 64.3 cm³/mol. The first-order valence-corrected chi connectivity index (χ1v) is 6.27. The topological polar surface area (TPSA) is 45.1 Å². The van der Waals surface area contributed by atoms with Gasteiger partial charge in [-0.1, -0.05) is 25.4 Å². The fourth-order valence-corrected chi connectivity index (χ4v) is 2.31. The molecule has 0 saturated carbocycles. The lowest BCUT2D eigenvalue weighted by Gasteiger charge is -2.20. The van der Waals surface area contributed by atoms with Crippen LogP contribution in [0.25, 0.3) is 0 Å². The summed E-state index contributed by atoms with van der Waals surface area (Å²) in [6.07, 6.45) is 2.44. The lowest BCUT2D eigenvalue weighted by Crippen LogP contribution is -2.34. The number of aliphatic hydroxyl groups is 1. The van der Waals surface area contributed by atoms with E-state index in [1.54, 1.807) is 6.20 Å². The SMILES string of the molecule is CC(C)C(CCO)NCc1ncc(Cl)s1. The number of thiazole rings is 1. The second-order valence-corrected chi connectivity index (χ2v) is 5.55. The third kappa shape index (κ3) is 4.47. The number of hydrogen-bond donors (Lipinski definition) is 2. The molecule has 1 aromatic rings. The maximum atomic E-state index is 8.91. The molecule has 15 heavy (non-hydrogen) atoms. The summed E-state index contributed by atoms with van der Waals surface area (Å²) < 4.78 is 0.718. The third-order valence-corrected chi connectivity index (χ3v) is 3.40. The second-order valence-electron chi connectivity index (χ2n) is 3.80. The highest BCUT2D eigenvalue weighted by Gasteiger charge is 2.12. The minimum absolute atomic E-state index is 0.217. The molecule has 0 spiro atoms. The van der Waals surface area contributed by atoms with E-state index in [0.717, 1.165) is 22.3 Å². The molecule has 0 radical (unpaired) electrons. The van der Waals surface area contributed by atoms with E-state index in [9.17, 15) is 0 Å². The van der Waals surface area contributed by atoms with E-state index in [4.69, 9.17) is 16.7 Å². The molecule has 3 nitrogen and oxygen atoms in total. The summed E-state index contributed by atoms with van der Waals surface area (Å²) in [5, 5.41) is 13.3. The van der Waals surface area contributed by atoms with Crippen LogP contribution in [0.2, 0.25) is 4.34 Å². The van der Waals surface area contributed by atoms with E-state index >= 15 is 0 Å². The Morgan fingerprint density at radius 2 is 2.33 bits per heavy atom. The van der Waals surface area contributed by atoms with Gasteiger partial charge in [0.05, 0.1) is 6.20 Å². The number of hydrogen-bond acceptors (Lipinski definition) is 4. The minimum Gasteiger partial charge on any atom is -0.396 e. The van der Waals surface area contributed by atoms with Crippen molar-refractivity contribution in [2.24, 2.45) is 5.92 Å². The number of aliphatic hydroxyl groups excluding tert-OH is 1. The highest BCUT2D eigenvalue weighted by molar-refractivity contribution is 7.15. The van der Waals surface area contributed by atoms with Gasteiger partial charge in [0.15, 0.2) is 0 Å². The van der Waals surface area contributed by atoms with Crippen LogP contribution in [0.15, 0.2) is 6.20 Å². The van der Waals surface area contributed by atoms with Gasteiger partial charge in [0.2, 0.25) is 0 Å². The maximum absolute atomic E-state index is 8.91. The average molecular weight is 249 g/mol. The third-order valence-electron chi connectivity index (χ3n) is 2.29. The molecule has 0 aliphatic carbocycles. The van der Waals surface area contributed by atoms with Crippen LogP contribution in [-0.4, -0.2) is 22.7 Å². The summed E-state index contributed by atoms with van der Waals surface area (Å²) >= 11 is 7.28. The largest absolute Gasteiger partial charge is 0.396 e. The van der Waals surface area contributed by atoms with Gasteiger partial charge in [0, 0.05) is 19.2 Å². The van der Waals surface area contributed by atoms with Crippen LogP contribution >= 0.6 is 22.9 Å². The first-order chi connectivity index (χ1) is 7.13. The molecule has 0 aromatic carbocycles. The molecule has 0 aliphatic heterocycles. The zero-order valence-corrected chi connectivity index (χ0v) is 10.6. The van der Waals surface area contributed by atoms with Crippen molar-refractivity contribution >= 4 is 22.9 Å². The Morgan fingerprint density at radius 1 is 1.60 bits per heavy atom. The normalized spacial score (nSPS) is 13.4. The molecule has 0 saturated heterocycles. The van der Waals surface area contributed by atoms with Crippen molar-refractivity contribution in [3.05, 3.63) is 15.5 Å². The molecule has 0 amide bonds. The predicted octanol–water partition coefficient (Wildman–Crippen LogP) is 2.29. The van der Waals surface area contributed by atoms with Crippen LogP contribution in [0.4, 0.5) is 0 Å². The van der Waals surface area contributed by atoms with Gasteiger partial charge < -0.3 is 10.4 Å². The Balaban J connectivity index is 2.39. The first kappa shape index (κ1) is 12.9. The summed E-state index contributed by atoms with van der Waals surface area (Å²) in [5.74, 6) is 0.507. The summed E-state index contributed by atoms with van der Waals surface area (Å²) in [6, 6.07) is 0.331. The number of halogens is 1. The van der Waals surface area contributed by atoms with Gasteiger partial charge in [0.1, 0.15) is 9.34 Å². The maximum Gasteiger partial charge on any atom is 0.113 e. The molecule has 1 rings (SSSR count). The summed E-state index contributed by atoms with van der Waals surface area (Å²) in [5.41, 5.74) is 0. The monoisotopic (exact) mass is 248 g/mol. The lowest BCUT2D eigenvalue weighted by molar-refractivity contribution is 0.244. The highest BCUT2D eigenvalue weighted by atomic mass is 35.5. The van der Waals surface area contributed by atoms with E-state index in [-0.39, 0.29) is 6.61 Å². The zero-order valence-electron chi connectivity index (χ0n) is 9.03. The van der Waals surface area contributed by atoms with Crippen molar-refractivity contribution in [3.63, 3.8) is 0 Å². The summed E-state index contributed by atoms with van der Waals surface area (Å²) in [6.45, 7) is 5.22. The van der Waals surface area contributed by atoms with Crippen LogP contribution in [0.3, 0.4) is 0 Å². The molecule has 0 fully saturated rings. The van der Waals surface area contributed by atoms with Crippen molar-refractivity contribution in [3.8, 4) is 0 Å². The van der Waals surface area contributed by atoms with Gasteiger partial charge in [-0.05, 0) is 12.3 Å². The van der Waals surface area contributed by atoms with Crippen molar-refractivity contribution in [1.82, 2.24) is 10.3 Å². The van der Waals surface area contributed by atoms with Crippen molar-refractivity contribution in [2.45, 2.75) is 32.9 Å². The van der Waals surface area contributed by atoms with Gasteiger partial charge in [-0.15, -0.1) is 11.3 Å². The molecule has 1 unspecified atom stereocenters. The van der Waals surface area contributed by atoms with Crippen molar-refractivity contribution in [1.29, 1.82) is 0 Å². The fraction of sp³-hybridized carbons (Fsp3) is 0.700. The van der Waals surface area contributed by atoms with Crippen molar-refractivity contribution < 1.29 is 5.11 Å². The van der Waals surface area contributed by atoms with Crippen LogP contribution in [0.5, 0.6) is 0 Å². The molecule has 86 valence electrons. The average Bonchev–Trinajstić information content (AvgIpc) is 2.58. The number of nitrogens with zero attached hydrogens (tertiary/aromatic N) is 1. The first-order valence-electron chi connectivity index (χ1n) is 5.08. The standard InChI is InChI=1S/C10H17ClN2OS/c1-7(2)8(3-4-14)12-6-10-13-5-9(11)15-10/h5,7-8,12,14H,3-4,6H2,1-2H3. The van der Waals surface area contributed by atoms with Gasteiger partial charge in [-0.2, -0.15) is 0 Å². The van der Waals surface area contributed by atoms with Gasteiger partial charge in [-0.3, -0.25) is 0 Å². The van der Waals surface area contributed by atoms with E-state index < -0.39 is 0 Å². The smallest absolute Gasteiger partial charge is 0.113 e. The van der Waals surface area contributed by atoms with Gasteiger partial charge in [-0.25, -0.2) is 4.98 Å². The summed E-state index contributed by atoms with van der Waals surface area (Å²) in [7, 11) is 0. The van der Waals surface area contributed by atoms with Crippen LogP contribution in [0.1, 0.15) is 25.3 Å². The van der Waals surface area contributed by atoms with Crippen molar-refractivity contribution in [2.75, 3.05) is 6.61 Å². The molecule has 0 aliphatic rings. The second kappa shape index (κ2) is 6.43. The fourth-order valence-electron chi connectivity index (χ4n) is 1.40. The van der Waals surface area contributed by atoms with Crippen LogP contribution < -0.4 is 5.32 Å². The minimum atomic E-state index is 0.217. The van der Waals surface area contributed by atoms with E-state index in [1.807, 2.05) is 0 Å². The summed E-state index contributed by atoms with van der Waals surface area (Å²) in [4.78, 5) is 4.17. The Kier molecular flexibility index (Phi) is 5.53. The highest BCUT2D eigenvalue weighted by Crippen LogP contribution is 2.18. The van der Waals surface area contributed by atoms with Crippen LogP contribution in [0, 0.1) is 5.92 Å². The molecule has 2 N–H and O–H groups in total. The molecule has 5 heteroatoms. The quantitative estimate of drug-likeness (QED) is 0.812. The van der Waals surface area contributed by atoms with Crippen LogP contribution in [-0.2, 0) is 6.54 Å². The lowest BCUT2D eigenvalue weighted by atomic mass is 10.0. The van der Waals surface area contributed by atoms with Gasteiger partial charge >= 0.3 is 0 Å².